The van der Waals surface area contributed by atoms with E-state index in [1.807, 2.05) is 42.4 Å². The summed E-state index contributed by atoms with van der Waals surface area (Å²) >= 11 is 1.99. The van der Waals surface area contributed by atoms with E-state index in [-0.39, 0.29) is 5.91 Å². The van der Waals surface area contributed by atoms with Crippen molar-refractivity contribution < 1.29 is 4.79 Å². The molecule has 1 aromatic carbocycles. The van der Waals surface area contributed by atoms with Gasteiger partial charge in [0.15, 0.2) is 0 Å². The van der Waals surface area contributed by atoms with Gasteiger partial charge in [0.1, 0.15) is 5.69 Å². The van der Waals surface area contributed by atoms with Crippen LogP contribution < -0.4 is 0 Å². The van der Waals surface area contributed by atoms with Gasteiger partial charge < -0.3 is 4.90 Å². The summed E-state index contributed by atoms with van der Waals surface area (Å²) in [6.45, 7) is 5.31. The number of benzene rings is 1. The molecule has 2 fully saturated rings. The number of hydrogen-bond acceptors (Lipinski definition) is 4. The van der Waals surface area contributed by atoms with Gasteiger partial charge in [0.25, 0.3) is 5.91 Å². The molecule has 2 aliphatic rings. The Morgan fingerprint density at radius 1 is 1.18 bits per heavy atom. The number of fused-ring (bicyclic) bond motifs is 1. The third kappa shape index (κ3) is 4.87. The first kappa shape index (κ1) is 19.7. The van der Waals surface area contributed by atoms with E-state index in [4.69, 9.17) is 0 Å². The highest BCUT2D eigenvalue weighted by molar-refractivity contribution is 7.97. The molecule has 0 spiro atoms. The molecule has 2 heterocycles. The largest absolute Gasteiger partial charge is 0.334 e. The van der Waals surface area contributed by atoms with Crippen molar-refractivity contribution in [1.82, 2.24) is 14.2 Å². The fourth-order valence-corrected chi connectivity index (χ4v) is 5.09. The maximum Gasteiger partial charge on any atom is 0.272 e. The second-order valence-electron chi connectivity index (χ2n) is 8.16. The molecule has 2 aromatic rings. The van der Waals surface area contributed by atoms with Crippen molar-refractivity contribution in [3.63, 3.8) is 0 Å². The van der Waals surface area contributed by atoms with Crippen LogP contribution in [0.25, 0.3) is 10.8 Å². The highest BCUT2D eigenvalue weighted by atomic mass is 32.2. The quantitative estimate of drug-likeness (QED) is 0.464. The molecule has 1 aliphatic carbocycles. The monoisotopic (exact) mass is 397 g/mol. The summed E-state index contributed by atoms with van der Waals surface area (Å²) in [5, 5.41) is 2.18. The molecule has 1 aromatic heterocycles. The molecule has 4 nitrogen and oxygen atoms in total. The molecule has 1 amide bonds. The molecule has 0 radical (unpaired) electrons. The third-order valence-corrected chi connectivity index (χ3v) is 7.10. The number of carbonyl (C=O) groups is 1. The Bertz CT molecular complexity index is 799. The lowest BCUT2D eigenvalue weighted by atomic mass is 10.0. The van der Waals surface area contributed by atoms with Gasteiger partial charge in [-0.25, -0.2) is 0 Å². The fraction of sp³-hybridized carbons (Fsp3) is 0.565. The average Bonchev–Trinajstić information content (AvgIpc) is 3.56. The standard InChI is InChI=1S/C23H31N3OS/c1-2-3-14-28-25-12-10-21(11-13-25)26(17-18-8-9-18)23(27)22-15-19-6-4-5-7-20(19)16-24-22/h4-7,15-16,18,21H,2-3,8-14,17H2,1H3. The van der Waals surface area contributed by atoms with E-state index < -0.39 is 0 Å². The molecular weight excluding hydrogens is 366 g/mol. The number of nitrogens with zero attached hydrogens (tertiary/aromatic N) is 3. The first-order chi connectivity index (χ1) is 13.7. The Balaban J connectivity index is 1.44. The van der Waals surface area contributed by atoms with Crippen LogP contribution in [-0.4, -0.2) is 51.5 Å². The highest BCUT2D eigenvalue weighted by Gasteiger charge is 2.34. The summed E-state index contributed by atoms with van der Waals surface area (Å²) in [6, 6.07) is 10.5. The van der Waals surface area contributed by atoms with E-state index in [2.05, 4.69) is 27.2 Å². The van der Waals surface area contributed by atoms with Gasteiger partial charge in [0.05, 0.1) is 0 Å². The Kier molecular flexibility index (Phi) is 6.53. The lowest BCUT2D eigenvalue weighted by molar-refractivity contribution is 0.0602. The molecule has 1 saturated heterocycles. The number of amides is 1. The predicted octanol–water partition coefficient (Wildman–Crippen LogP) is 5.00. The van der Waals surface area contributed by atoms with Crippen molar-refractivity contribution in [1.29, 1.82) is 0 Å². The van der Waals surface area contributed by atoms with Crippen LogP contribution in [0.15, 0.2) is 36.5 Å². The number of carbonyl (C=O) groups excluding carboxylic acids is 1. The summed E-state index contributed by atoms with van der Waals surface area (Å²) in [5.74, 6) is 2.03. The highest BCUT2D eigenvalue weighted by Crippen LogP contribution is 2.33. The van der Waals surface area contributed by atoms with Gasteiger partial charge >= 0.3 is 0 Å². The minimum atomic E-state index is 0.120. The minimum Gasteiger partial charge on any atom is -0.334 e. The maximum absolute atomic E-state index is 13.4. The van der Waals surface area contributed by atoms with Crippen molar-refractivity contribution in [3.05, 3.63) is 42.2 Å². The molecule has 5 heteroatoms. The van der Waals surface area contributed by atoms with Crippen LogP contribution in [0.4, 0.5) is 0 Å². The minimum absolute atomic E-state index is 0.120. The zero-order valence-corrected chi connectivity index (χ0v) is 17.7. The molecule has 150 valence electrons. The zero-order valence-electron chi connectivity index (χ0n) is 16.8. The number of hydrogen-bond donors (Lipinski definition) is 0. The summed E-state index contributed by atoms with van der Waals surface area (Å²) in [7, 11) is 0. The van der Waals surface area contributed by atoms with Crippen molar-refractivity contribution in [3.8, 4) is 0 Å². The molecule has 4 rings (SSSR count). The van der Waals surface area contributed by atoms with Crippen LogP contribution in [0.1, 0.15) is 55.9 Å². The number of rotatable bonds is 8. The smallest absolute Gasteiger partial charge is 0.272 e. The van der Waals surface area contributed by atoms with Gasteiger partial charge in [0, 0.05) is 43.0 Å². The molecular formula is C23H31N3OS. The zero-order chi connectivity index (χ0) is 19.3. The van der Waals surface area contributed by atoms with Gasteiger partial charge in [-0.15, -0.1) is 0 Å². The van der Waals surface area contributed by atoms with E-state index in [0.29, 0.717) is 17.7 Å². The molecule has 0 N–H and O–H groups in total. The third-order valence-electron chi connectivity index (χ3n) is 5.90. The Hall–Kier alpha value is -1.59. The van der Waals surface area contributed by atoms with Gasteiger partial charge in [-0.1, -0.05) is 49.6 Å². The van der Waals surface area contributed by atoms with Gasteiger partial charge in [-0.3, -0.25) is 14.1 Å². The molecule has 0 unspecified atom stereocenters. The lowest BCUT2D eigenvalue weighted by Gasteiger charge is -2.38. The second-order valence-corrected chi connectivity index (χ2v) is 9.35. The number of pyridine rings is 1. The molecule has 28 heavy (non-hydrogen) atoms. The SMILES string of the molecule is CCCCSN1CCC(N(CC2CC2)C(=O)c2cc3ccccc3cn2)CC1. The lowest BCUT2D eigenvalue weighted by Crippen LogP contribution is -2.47. The summed E-state index contributed by atoms with van der Waals surface area (Å²) in [6.07, 6.45) is 9.05. The van der Waals surface area contributed by atoms with Crippen molar-refractivity contribution in [2.24, 2.45) is 5.92 Å². The maximum atomic E-state index is 13.4. The topological polar surface area (TPSA) is 36.4 Å². The van der Waals surface area contributed by atoms with Crippen LogP contribution in [-0.2, 0) is 0 Å². The number of unbranched alkanes of at least 4 members (excludes halogenated alkanes) is 1. The van der Waals surface area contributed by atoms with E-state index in [1.165, 1.54) is 31.4 Å². The van der Waals surface area contributed by atoms with Gasteiger partial charge in [-0.05, 0) is 49.5 Å². The van der Waals surface area contributed by atoms with Crippen LogP contribution in [0.5, 0.6) is 0 Å². The molecule has 0 atom stereocenters. The van der Waals surface area contributed by atoms with E-state index in [9.17, 15) is 4.79 Å². The first-order valence-corrected chi connectivity index (χ1v) is 11.7. The van der Waals surface area contributed by atoms with E-state index in [1.54, 1.807) is 0 Å². The predicted molar refractivity (Wildman–Crippen MR) is 117 cm³/mol. The van der Waals surface area contributed by atoms with Crippen molar-refractivity contribution in [2.75, 3.05) is 25.4 Å². The summed E-state index contributed by atoms with van der Waals surface area (Å²) < 4.78 is 2.50. The fourth-order valence-electron chi connectivity index (χ4n) is 3.94. The Morgan fingerprint density at radius 3 is 2.64 bits per heavy atom. The van der Waals surface area contributed by atoms with E-state index in [0.717, 1.165) is 43.2 Å². The van der Waals surface area contributed by atoms with Crippen LogP contribution >= 0.6 is 11.9 Å². The van der Waals surface area contributed by atoms with Crippen LogP contribution in [0.2, 0.25) is 0 Å². The second kappa shape index (κ2) is 9.27. The Morgan fingerprint density at radius 2 is 1.93 bits per heavy atom. The number of aromatic nitrogens is 1. The van der Waals surface area contributed by atoms with Crippen LogP contribution in [0.3, 0.4) is 0 Å². The van der Waals surface area contributed by atoms with Crippen molar-refractivity contribution >= 4 is 28.6 Å². The normalized spacial score (nSPS) is 18.5. The molecule has 1 aliphatic heterocycles. The summed E-state index contributed by atoms with van der Waals surface area (Å²) in [5.41, 5.74) is 0.596. The number of piperidine rings is 1. The average molecular weight is 398 g/mol. The Labute approximate surface area is 172 Å². The summed E-state index contributed by atoms with van der Waals surface area (Å²) in [4.78, 5) is 20.1. The van der Waals surface area contributed by atoms with Gasteiger partial charge in [0.2, 0.25) is 0 Å². The van der Waals surface area contributed by atoms with Crippen LogP contribution in [0, 0.1) is 5.92 Å². The molecule has 0 bridgehead atoms. The van der Waals surface area contributed by atoms with E-state index >= 15 is 0 Å². The van der Waals surface area contributed by atoms with Crippen molar-refractivity contribution in [2.45, 2.75) is 51.5 Å². The first-order valence-electron chi connectivity index (χ1n) is 10.8. The van der Waals surface area contributed by atoms with Gasteiger partial charge in [-0.2, -0.15) is 0 Å². The molecule has 1 saturated carbocycles.